The predicted octanol–water partition coefficient (Wildman–Crippen LogP) is 4.88. The molecule has 0 unspecified atom stereocenters. The van der Waals surface area contributed by atoms with Gasteiger partial charge in [0.05, 0.1) is 6.54 Å². The molecule has 1 N–H and O–H groups in total. The van der Waals surface area contributed by atoms with Crippen molar-refractivity contribution in [3.05, 3.63) is 112 Å². The lowest BCUT2D eigenvalue weighted by atomic mass is 10.0. The topological polar surface area (TPSA) is 122 Å². The molecule has 0 spiro atoms. The van der Waals surface area contributed by atoms with Crippen molar-refractivity contribution in [3.63, 3.8) is 0 Å². The number of aliphatic carboxylic acids is 1. The molecule has 3 aromatic carbocycles. The molecule has 3 aliphatic heterocycles. The van der Waals surface area contributed by atoms with Crippen molar-refractivity contribution in [1.82, 2.24) is 19.6 Å². The van der Waals surface area contributed by atoms with Gasteiger partial charge >= 0.3 is 12.1 Å². The molecule has 4 amide bonds. The number of halogens is 4. The molecule has 11 nitrogen and oxygen atoms in total. The van der Waals surface area contributed by atoms with Crippen LogP contribution in [0, 0.1) is 0 Å². The van der Waals surface area contributed by atoms with Crippen LogP contribution in [0.2, 0.25) is 5.02 Å². The largest absolute Gasteiger partial charge is 0.490 e. The number of carboxylic acid groups (broad SMARTS) is 1. The molecule has 0 atom stereocenters. The van der Waals surface area contributed by atoms with Gasteiger partial charge in [-0.2, -0.15) is 13.2 Å². The minimum absolute atomic E-state index is 0.0279. The second-order valence-corrected chi connectivity index (χ2v) is 13.4. The second kappa shape index (κ2) is 17.1. The highest BCUT2D eigenvalue weighted by atomic mass is 35.5. The highest BCUT2D eigenvalue weighted by molar-refractivity contribution is 6.30. The van der Waals surface area contributed by atoms with Crippen LogP contribution in [0.15, 0.2) is 78.9 Å². The fraction of sp³-hybridized carbons (Fsp3) is 0.342. The lowest BCUT2D eigenvalue weighted by Crippen LogP contribution is -2.47. The Hall–Kier alpha value is -5.21. The first kappa shape index (κ1) is 39.0. The zero-order valence-electron chi connectivity index (χ0n) is 29.0. The number of hydrogen-bond donors (Lipinski definition) is 1. The van der Waals surface area contributed by atoms with Crippen LogP contribution in [0.3, 0.4) is 0 Å². The molecule has 1 saturated heterocycles. The maximum Gasteiger partial charge on any atom is 0.490 e. The molecule has 53 heavy (non-hydrogen) atoms. The molecule has 0 aliphatic carbocycles. The number of rotatable bonds is 7. The number of piperazine rings is 1. The molecule has 1 fully saturated rings. The number of hydrogen-bond acceptors (Lipinski definition) is 6. The number of carboxylic acids is 1. The zero-order valence-corrected chi connectivity index (χ0v) is 29.8. The number of carbonyl (C=O) groups excluding carboxylic acids is 4. The van der Waals surface area contributed by atoms with Crippen LogP contribution in [0.1, 0.15) is 43.8 Å². The first-order valence-corrected chi connectivity index (χ1v) is 17.3. The normalized spacial score (nSPS) is 16.1. The van der Waals surface area contributed by atoms with Gasteiger partial charge in [0.15, 0.2) is 0 Å². The van der Waals surface area contributed by atoms with Crippen LogP contribution in [0.25, 0.3) is 0 Å². The molecule has 0 radical (unpaired) electrons. The summed E-state index contributed by atoms with van der Waals surface area (Å²) in [5, 5.41) is 7.66. The Morgan fingerprint density at radius 3 is 1.89 bits per heavy atom. The summed E-state index contributed by atoms with van der Waals surface area (Å²) in [6, 6.07) is 20.0. The minimum Gasteiger partial charge on any atom is -0.475 e. The van der Waals surface area contributed by atoms with Gasteiger partial charge in [-0.25, -0.2) is 4.79 Å². The van der Waals surface area contributed by atoms with Gasteiger partial charge in [-0.1, -0.05) is 48.0 Å². The number of nitrogens with zero attached hydrogens (tertiary/aromatic N) is 5. The molecule has 3 heterocycles. The van der Waals surface area contributed by atoms with Gasteiger partial charge in [-0.15, -0.1) is 0 Å². The van der Waals surface area contributed by atoms with E-state index in [0.717, 1.165) is 48.6 Å². The van der Waals surface area contributed by atoms with Crippen molar-refractivity contribution >= 4 is 46.9 Å². The molecule has 6 rings (SSSR count). The first-order chi connectivity index (χ1) is 25.2. The number of aryl methyl sites for hydroxylation is 1. The summed E-state index contributed by atoms with van der Waals surface area (Å²) < 4.78 is 31.7. The van der Waals surface area contributed by atoms with Crippen LogP contribution in [0.5, 0.6) is 0 Å². The highest BCUT2D eigenvalue weighted by Crippen LogP contribution is 2.30. The van der Waals surface area contributed by atoms with Gasteiger partial charge in [0, 0.05) is 74.1 Å². The Labute approximate surface area is 309 Å². The maximum atomic E-state index is 13.9. The Morgan fingerprint density at radius 1 is 0.755 bits per heavy atom. The molecule has 280 valence electrons. The fourth-order valence-corrected chi connectivity index (χ4v) is 6.24. The molecular formula is C38H39ClF3N5O6. The average molecular weight is 754 g/mol. The standard InChI is InChI=1S/C36H38ClN5O4.C2HF3O2/c1-38-18-20-39(21-19-38)33(43)15-7-26-4-10-30-24-41(36(46)29-11-13-31(37)14-12-29)25-34(44)42(32(30)22-26)23-27-5-8-28(9-6-27)35(45)40-16-2-3-17-40;3-2(4,5)1(6)7/h2-6,8-14,22H,7,15-21,23-25H2,1H3;(H,6,7). The van der Waals surface area contributed by atoms with Crippen LogP contribution in [-0.4, -0.2) is 113 Å². The first-order valence-electron chi connectivity index (χ1n) is 17.0. The summed E-state index contributed by atoms with van der Waals surface area (Å²) in [5.74, 6) is -3.11. The Morgan fingerprint density at radius 2 is 1.30 bits per heavy atom. The van der Waals surface area contributed by atoms with E-state index in [1.165, 1.54) is 0 Å². The van der Waals surface area contributed by atoms with E-state index in [0.29, 0.717) is 42.1 Å². The zero-order chi connectivity index (χ0) is 38.3. The van der Waals surface area contributed by atoms with Crippen LogP contribution in [0.4, 0.5) is 18.9 Å². The van der Waals surface area contributed by atoms with E-state index >= 15 is 0 Å². The van der Waals surface area contributed by atoms with E-state index < -0.39 is 12.1 Å². The second-order valence-electron chi connectivity index (χ2n) is 13.0. The van der Waals surface area contributed by atoms with E-state index in [9.17, 15) is 32.3 Å². The number of amides is 4. The van der Waals surface area contributed by atoms with Gasteiger partial charge in [0.25, 0.3) is 11.8 Å². The van der Waals surface area contributed by atoms with Gasteiger partial charge in [0.1, 0.15) is 6.54 Å². The van der Waals surface area contributed by atoms with E-state index in [1.807, 2.05) is 47.4 Å². The smallest absolute Gasteiger partial charge is 0.475 e. The number of carbonyl (C=O) groups is 5. The van der Waals surface area contributed by atoms with Gasteiger partial charge in [-0.3, -0.25) is 19.2 Å². The molecule has 0 bridgehead atoms. The molecule has 3 aliphatic rings. The third kappa shape index (κ3) is 10.2. The van der Waals surface area contributed by atoms with Crippen molar-refractivity contribution in [2.75, 3.05) is 57.8 Å². The van der Waals surface area contributed by atoms with Crippen molar-refractivity contribution in [1.29, 1.82) is 0 Å². The van der Waals surface area contributed by atoms with Gasteiger partial charge < -0.3 is 29.6 Å². The lowest BCUT2D eigenvalue weighted by molar-refractivity contribution is -0.192. The predicted molar refractivity (Wildman–Crippen MR) is 191 cm³/mol. The van der Waals surface area contributed by atoms with Crippen LogP contribution in [-0.2, 0) is 33.9 Å². The quantitative estimate of drug-likeness (QED) is 0.342. The average Bonchev–Trinajstić information content (AvgIpc) is 3.64. The van der Waals surface area contributed by atoms with Crippen molar-refractivity contribution in [3.8, 4) is 0 Å². The van der Waals surface area contributed by atoms with Gasteiger partial charge in [-0.05, 0) is 72.6 Å². The van der Waals surface area contributed by atoms with E-state index in [2.05, 4.69) is 11.9 Å². The van der Waals surface area contributed by atoms with Crippen molar-refractivity contribution in [2.24, 2.45) is 0 Å². The summed E-state index contributed by atoms with van der Waals surface area (Å²) in [6.45, 7) is 4.87. The molecule has 0 aromatic heterocycles. The third-order valence-corrected chi connectivity index (χ3v) is 9.43. The number of anilines is 1. The SMILES string of the molecule is CN1CCN(C(=O)CCc2ccc3c(c2)N(Cc2ccc(C(=O)N4CC=CC4)cc2)C(=O)CN(C(=O)c2ccc(Cl)cc2)C3)CC1.O=C(O)C(F)(F)F. The van der Waals surface area contributed by atoms with E-state index in [1.54, 1.807) is 51.1 Å². The molecular weight excluding hydrogens is 715 g/mol. The molecule has 15 heteroatoms. The van der Waals surface area contributed by atoms with E-state index in [4.69, 9.17) is 21.5 Å². The summed E-state index contributed by atoms with van der Waals surface area (Å²) in [6.07, 6.45) is -0.186. The Balaban J connectivity index is 0.000000705. The van der Waals surface area contributed by atoms with Gasteiger partial charge in [0.2, 0.25) is 11.8 Å². The summed E-state index contributed by atoms with van der Waals surface area (Å²) in [7, 11) is 2.06. The maximum absolute atomic E-state index is 13.9. The Bertz CT molecular complexity index is 1850. The van der Waals surface area contributed by atoms with Crippen molar-refractivity contribution < 1.29 is 42.3 Å². The summed E-state index contributed by atoms with van der Waals surface area (Å²) in [4.78, 5) is 71.4. The number of alkyl halides is 3. The fourth-order valence-electron chi connectivity index (χ4n) is 6.11. The van der Waals surface area contributed by atoms with Crippen LogP contribution >= 0.6 is 11.6 Å². The van der Waals surface area contributed by atoms with Crippen molar-refractivity contribution in [2.45, 2.75) is 32.1 Å². The lowest BCUT2D eigenvalue weighted by Gasteiger charge is -2.32. The summed E-state index contributed by atoms with van der Waals surface area (Å²) in [5.41, 5.74) is 4.45. The summed E-state index contributed by atoms with van der Waals surface area (Å²) >= 11 is 6.05. The monoisotopic (exact) mass is 753 g/mol. The number of likely N-dealkylation sites (N-methyl/N-ethyl adjacent to an activating group) is 1. The minimum atomic E-state index is -5.08. The molecule has 0 saturated carbocycles. The highest BCUT2D eigenvalue weighted by Gasteiger charge is 2.38. The van der Waals surface area contributed by atoms with Crippen LogP contribution < -0.4 is 4.90 Å². The third-order valence-electron chi connectivity index (χ3n) is 9.18. The molecule has 3 aromatic rings. The number of fused-ring (bicyclic) bond motifs is 1. The number of benzene rings is 3. The van der Waals surface area contributed by atoms with E-state index in [-0.39, 0.29) is 43.3 Å². The Kier molecular flexibility index (Phi) is 12.6.